The molecular formula is C14H21BrFN3. The van der Waals surface area contributed by atoms with Crippen LogP contribution in [0.5, 0.6) is 0 Å². The molecule has 1 aromatic rings. The van der Waals surface area contributed by atoms with Crippen LogP contribution in [0.25, 0.3) is 0 Å². The van der Waals surface area contributed by atoms with Gasteiger partial charge in [0.1, 0.15) is 5.82 Å². The van der Waals surface area contributed by atoms with Crippen LogP contribution in [0.1, 0.15) is 19.8 Å². The van der Waals surface area contributed by atoms with Crippen molar-refractivity contribution >= 4 is 27.3 Å². The van der Waals surface area contributed by atoms with E-state index >= 15 is 0 Å². The summed E-state index contributed by atoms with van der Waals surface area (Å²) in [5, 5.41) is 3.28. The first kappa shape index (κ1) is 14.6. The lowest BCUT2D eigenvalue weighted by Crippen LogP contribution is -2.35. The van der Waals surface area contributed by atoms with Crippen LogP contribution in [0.15, 0.2) is 16.6 Å². The van der Waals surface area contributed by atoms with Gasteiger partial charge in [-0.1, -0.05) is 6.92 Å². The van der Waals surface area contributed by atoms with Crippen molar-refractivity contribution in [3.05, 3.63) is 22.4 Å². The number of benzene rings is 1. The van der Waals surface area contributed by atoms with E-state index in [9.17, 15) is 4.39 Å². The average Bonchev–Trinajstić information content (AvgIpc) is 2.42. The maximum atomic E-state index is 13.5. The fourth-order valence-electron chi connectivity index (χ4n) is 2.48. The van der Waals surface area contributed by atoms with Gasteiger partial charge >= 0.3 is 0 Å². The molecule has 106 valence electrons. The Balaban J connectivity index is 1.88. The molecule has 0 unspecified atom stereocenters. The molecule has 0 bridgehead atoms. The lowest BCUT2D eigenvalue weighted by atomic mass is 9.96. The van der Waals surface area contributed by atoms with Gasteiger partial charge in [-0.2, -0.15) is 0 Å². The fourth-order valence-corrected chi connectivity index (χ4v) is 2.84. The first-order chi connectivity index (χ1) is 9.10. The Morgan fingerprint density at radius 3 is 2.74 bits per heavy atom. The van der Waals surface area contributed by atoms with Crippen molar-refractivity contribution in [1.82, 2.24) is 4.90 Å². The lowest BCUT2D eigenvalue weighted by molar-refractivity contribution is 0.198. The SMILES string of the molecule is CCN1CCC(CNc2cc(F)c(Br)cc2N)CC1. The van der Waals surface area contributed by atoms with Gasteiger partial charge in [0, 0.05) is 12.6 Å². The predicted octanol–water partition coefficient (Wildman–Crippen LogP) is 3.31. The Morgan fingerprint density at radius 2 is 2.11 bits per heavy atom. The lowest BCUT2D eigenvalue weighted by Gasteiger charge is -2.31. The van der Waals surface area contributed by atoms with Crippen LogP contribution < -0.4 is 11.1 Å². The molecule has 1 heterocycles. The number of likely N-dealkylation sites (tertiary alicyclic amines) is 1. The van der Waals surface area contributed by atoms with Crippen molar-refractivity contribution in [3.63, 3.8) is 0 Å². The van der Waals surface area contributed by atoms with Gasteiger partial charge in [0.05, 0.1) is 15.8 Å². The maximum absolute atomic E-state index is 13.5. The van der Waals surface area contributed by atoms with Gasteiger partial charge in [-0.05, 0) is 60.4 Å². The van der Waals surface area contributed by atoms with Gasteiger partial charge in [0.15, 0.2) is 0 Å². The van der Waals surface area contributed by atoms with E-state index in [2.05, 4.69) is 33.1 Å². The third-order valence-corrected chi connectivity index (χ3v) is 4.44. The molecule has 0 amide bonds. The Bertz CT molecular complexity index is 431. The summed E-state index contributed by atoms with van der Waals surface area (Å²) in [6, 6.07) is 3.07. The molecule has 1 fully saturated rings. The summed E-state index contributed by atoms with van der Waals surface area (Å²) in [5.74, 6) is 0.367. The van der Waals surface area contributed by atoms with Gasteiger partial charge in [-0.25, -0.2) is 4.39 Å². The predicted molar refractivity (Wildman–Crippen MR) is 81.8 cm³/mol. The second-order valence-electron chi connectivity index (χ2n) is 5.11. The topological polar surface area (TPSA) is 41.3 Å². The molecule has 0 aromatic heterocycles. The highest BCUT2D eigenvalue weighted by Gasteiger charge is 2.18. The van der Waals surface area contributed by atoms with Crippen molar-refractivity contribution < 1.29 is 4.39 Å². The number of hydrogen-bond donors (Lipinski definition) is 2. The minimum Gasteiger partial charge on any atom is -0.397 e. The quantitative estimate of drug-likeness (QED) is 0.832. The second kappa shape index (κ2) is 6.57. The number of piperidine rings is 1. The number of nitrogens with two attached hydrogens (primary N) is 1. The molecule has 19 heavy (non-hydrogen) atoms. The average molecular weight is 330 g/mol. The van der Waals surface area contributed by atoms with Crippen molar-refractivity contribution in [1.29, 1.82) is 0 Å². The summed E-state index contributed by atoms with van der Waals surface area (Å²) < 4.78 is 13.9. The van der Waals surface area contributed by atoms with E-state index < -0.39 is 0 Å². The van der Waals surface area contributed by atoms with E-state index in [0.29, 0.717) is 21.8 Å². The third kappa shape index (κ3) is 3.83. The Labute approximate surface area is 122 Å². The van der Waals surface area contributed by atoms with E-state index in [1.807, 2.05) is 0 Å². The number of nitrogens with one attached hydrogen (secondary N) is 1. The van der Waals surface area contributed by atoms with Crippen LogP contribution in [-0.4, -0.2) is 31.1 Å². The zero-order valence-corrected chi connectivity index (χ0v) is 12.8. The summed E-state index contributed by atoms with van der Waals surface area (Å²) in [4.78, 5) is 2.46. The van der Waals surface area contributed by atoms with Crippen LogP contribution in [0.3, 0.4) is 0 Å². The number of hydrogen-bond acceptors (Lipinski definition) is 3. The Kier molecular flexibility index (Phi) is 5.05. The first-order valence-corrected chi connectivity index (χ1v) is 7.60. The normalized spacial score (nSPS) is 17.6. The smallest absolute Gasteiger partial charge is 0.139 e. The molecule has 0 spiro atoms. The molecule has 0 radical (unpaired) electrons. The van der Waals surface area contributed by atoms with E-state index in [1.54, 1.807) is 6.07 Å². The Morgan fingerprint density at radius 1 is 1.42 bits per heavy atom. The number of rotatable bonds is 4. The standard InChI is InChI=1S/C14H21BrFN3/c1-2-19-5-3-10(4-6-19)9-18-14-8-12(16)11(15)7-13(14)17/h7-8,10,18H,2-6,9,17H2,1H3. The molecule has 1 aliphatic heterocycles. The van der Waals surface area contributed by atoms with Gasteiger partial charge in [-0.15, -0.1) is 0 Å². The maximum Gasteiger partial charge on any atom is 0.139 e. The fraction of sp³-hybridized carbons (Fsp3) is 0.571. The second-order valence-corrected chi connectivity index (χ2v) is 5.97. The molecule has 3 N–H and O–H groups in total. The largest absolute Gasteiger partial charge is 0.397 e. The number of anilines is 2. The summed E-state index contributed by atoms with van der Waals surface area (Å²) in [5.41, 5.74) is 7.16. The Hall–Kier alpha value is -0.810. The van der Waals surface area contributed by atoms with E-state index in [0.717, 1.165) is 26.2 Å². The molecule has 5 heteroatoms. The number of nitrogen functional groups attached to an aromatic ring is 1. The van der Waals surface area contributed by atoms with Gasteiger partial charge in [0.25, 0.3) is 0 Å². The molecule has 3 nitrogen and oxygen atoms in total. The molecule has 1 saturated heterocycles. The van der Waals surface area contributed by atoms with Crippen molar-refractivity contribution in [2.24, 2.45) is 5.92 Å². The molecule has 0 saturated carbocycles. The van der Waals surface area contributed by atoms with E-state index in [-0.39, 0.29) is 5.82 Å². The van der Waals surface area contributed by atoms with Gasteiger partial charge in [-0.3, -0.25) is 0 Å². The monoisotopic (exact) mass is 329 g/mol. The molecule has 1 aromatic carbocycles. The van der Waals surface area contributed by atoms with Crippen LogP contribution >= 0.6 is 15.9 Å². The summed E-state index contributed by atoms with van der Waals surface area (Å²) >= 11 is 3.13. The van der Waals surface area contributed by atoms with E-state index in [4.69, 9.17) is 5.73 Å². The van der Waals surface area contributed by atoms with Crippen molar-refractivity contribution in [3.8, 4) is 0 Å². The molecular weight excluding hydrogens is 309 g/mol. The minimum atomic E-state index is -0.280. The van der Waals surface area contributed by atoms with Crippen molar-refractivity contribution in [2.75, 3.05) is 37.2 Å². The third-order valence-electron chi connectivity index (χ3n) is 3.83. The zero-order chi connectivity index (χ0) is 13.8. The van der Waals surface area contributed by atoms with Crippen LogP contribution in [0.4, 0.5) is 15.8 Å². The summed E-state index contributed by atoms with van der Waals surface area (Å²) in [6.45, 7) is 6.51. The highest BCUT2D eigenvalue weighted by molar-refractivity contribution is 9.10. The molecule has 1 aliphatic rings. The van der Waals surface area contributed by atoms with Crippen LogP contribution in [0, 0.1) is 11.7 Å². The zero-order valence-electron chi connectivity index (χ0n) is 11.3. The van der Waals surface area contributed by atoms with Crippen molar-refractivity contribution in [2.45, 2.75) is 19.8 Å². The van der Waals surface area contributed by atoms with Gasteiger partial charge < -0.3 is 16.0 Å². The minimum absolute atomic E-state index is 0.280. The molecule has 0 atom stereocenters. The van der Waals surface area contributed by atoms with E-state index in [1.165, 1.54) is 18.9 Å². The highest BCUT2D eigenvalue weighted by atomic mass is 79.9. The summed E-state index contributed by atoms with van der Waals surface area (Å²) in [7, 11) is 0. The highest BCUT2D eigenvalue weighted by Crippen LogP contribution is 2.27. The summed E-state index contributed by atoms with van der Waals surface area (Å²) in [6.07, 6.45) is 2.39. The molecule has 2 rings (SSSR count). The molecule has 0 aliphatic carbocycles. The first-order valence-electron chi connectivity index (χ1n) is 6.81. The van der Waals surface area contributed by atoms with Crippen LogP contribution in [0.2, 0.25) is 0 Å². The van der Waals surface area contributed by atoms with Gasteiger partial charge in [0.2, 0.25) is 0 Å². The van der Waals surface area contributed by atoms with Crippen LogP contribution in [-0.2, 0) is 0 Å². The number of halogens is 2. The number of nitrogens with zero attached hydrogens (tertiary/aromatic N) is 1.